The summed E-state index contributed by atoms with van der Waals surface area (Å²) in [6.45, 7) is 2.71. The lowest BCUT2D eigenvalue weighted by Crippen LogP contribution is -2.19. The van der Waals surface area contributed by atoms with Gasteiger partial charge in [-0.15, -0.1) is 0 Å². The van der Waals surface area contributed by atoms with Crippen molar-refractivity contribution < 1.29 is 4.74 Å². The first-order chi connectivity index (χ1) is 7.67. The Labute approximate surface area is 95.2 Å². The lowest BCUT2D eigenvalue weighted by molar-refractivity contribution is 0.191. The van der Waals surface area contributed by atoms with Crippen LogP contribution in [0.2, 0.25) is 0 Å². The third-order valence-electron chi connectivity index (χ3n) is 2.18. The summed E-state index contributed by atoms with van der Waals surface area (Å²) in [6, 6.07) is 3.83. The van der Waals surface area contributed by atoms with Crippen LogP contribution in [-0.2, 0) is 4.74 Å². The number of methoxy groups -OCH3 is 1. The van der Waals surface area contributed by atoms with E-state index in [0.29, 0.717) is 23.7 Å². The highest BCUT2D eigenvalue weighted by atomic mass is 16.5. The van der Waals surface area contributed by atoms with E-state index >= 15 is 0 Å². The summed E-state index contributed by atoms with van der Waals surface area (Å²) in [5.74, 6) is 0.614. The third-order valence-corrected chi connectivity index (χ3v) is 2.18. The minimum absolute atomic E-state index is 0.225. The van der Waals surface area contributed by atoms with Crippen molar-refractivity contribution in [1.82, 2.24) is 4.98 Å². The number of ether oxygens (including phenoxy) is 1. The van der Waals surface area contributed by atoms with Crippen molar-refractivity contribution in [3.8, 4) is 6.07 Å². The molecular formula is C11H16N4O. The summed E-state index contributed by atoms with van der Waals surface area (Å²) in [7, 11) is 1.67. The molecule has 0 spiro atoms. The molecule has 86 valence electrons. The number of nitrogens with zero attached hydrogens (tertiary/aromatic N) is 2. The molecule has 0 aromatic carbocycles. The van der Waals surface area contributed by atoms with Gasteiger partial charge in [-0.3, -0.25) is 0 Å². The Kier molecular flexibility index (Phi) is 4.55. The number of rotatable bonds is 5. The molecule has 0 radical (unpaired) electrons. The van der Waals surface area contributed by atoms with Gasteiger partial charge in [0.05, 0.1) is 11.3 Å². The van der Waals surface area contributed by atoms with Crippen LogP contribution in [0.15, 0.2) is 12.3 Å². The minimum Gasteiger partial charge on any atom is -0.396 e. The molecule has 0 aliphatic carbocycles. The van der Waals surface area contributed by atoms with Crippen LogP contribution in [0.4, 0.5) is 11.5 Å². The van der Waals surface area contributed by atoms with E-state index in [9.17, 15) is 0 Å². The van der Waals surface area contributed by atoms with Gasteiger partial charge in [-0.05, 0) is 19.4 Å². The maximum Gasteiger partial charge on any atom is 0.149 e. The quantitative estimate of drug-likeness (QED) is 0.783. The molecule has 1 atom stereocenters. The predicted octanol–water partition coefficient (Wildman–Crippen LogP) is 1.37. The van der Waals surface area contributed by atoms with Gasteiger partial charge in [-0.1, -0.05) is 0 Å². The molecule has 5 nitrogen and oxygen atoms in total. The van der Waals surface area contributed by atoms with Gasteiger partial charge < -0.3 is 15.8 Å². The van der Waals surface area contributed by atoms with Gasteiger partial charge in [0.2, 0.25) is 0 Å². The molecule has 1 heterocycles. The van der Waals surface area contributed by atoms with Crippen molar-refractivity contribution in [3.63, 3.8) is 0 Å². The number of nitrogen functional groups attached to an aromatic ring is 1. The van der Waals surface area contributed by atoms with Gasteiger partial charge in [0.25, 0.3) is 0 Å². The number of aromatic nitrogens is 1. The van der Waals surface area contributed by atoms with Crippen molar-refractivity contribution in [2.75, 3.05) is 24.8 Å². The summed E-state index contributed by atoms with van der Waals surface area (Å²) < 4.78 is 4.98. The molecule has 5 heteroatoms. The number of nitrogens with one attached hydrogen (secondary N) is 1. The average molecular weight is 220 g/mol. The minimum atomic E-state index is 0.225. The molecule has 16 heavy (non-hydrogen) atoms. The molecule has 0 fully saturated rings. The van der Waals surface area contributed by atoms with Crippen LogP contribution in [-0.4, -0.2) is 24.7 Å². The smallest absolute Gasteiger partial charge is 0.149 e. The second kappa shape index (κ2) is 5.93. The van der Waals surface area contributed by atoms with Crippen molar-refractivity contribution in [2.45, 2.75) is 19.4 Å². The summed E-state index contributed by atoms with van der Waals surface area (Å²) in [4.78, 5) is 4.10. The molecule has 0 aliphatic heterocycles. The van der Waals surface area contributed by atoms with Crippen LogP contribution in [0.1, 0.15) is 18.9 Å². The number of anilines is 2. The second-order valence-electron chi connectivity index (χ2n) is 3.60. The first-order valence-electron chi connectivity index (χ1n) is 5.08. The van der Waals surface area contributed by atoms with Crippen molar-refractivity contribution in [1.29, 1.82) is 5.26 Å². The van der Waals surface area contributed by atoms with Crippen LogP contribution in [0, 0.1) is 11.3 Å². The van der Waals surface area contributed by atoms with E-state index in [1.54, 1.807) is 13.2 Å². The first kappa shape index (κ1) is 12.3. The van der Waals surface area contributed by atoms with Gasteiger partial charge in [-0.2, -0.15) is 5.26 Å². The fourth-order valence-corrected chi connectivity index (χ4v) is 1.26. The molecule has 0 saturated carbocycles. The summed E-state index contributed by atoms with van der Waals surface area (Å²) in [5, 5.41) is 11.8. The topological polar surface area (TPSA) is 84.0 Å². The van der Waals surface area contributed by atoms with Crippen molar-refractivity contribution in [3.05, 3.63) is 17.8 Å². The van der Waals surface area contributed by atoms with Crippen molar-refractivity contribution >= 4 is 11.5 Å². The van der Waals surface area contributed by atoms with E-state index in [4.69, 9.17) is 15.7 Å². The average Bonchev–Trinajstić information content (AvgIpc) is 2.29. The Morgan fingerprint density at radius 1 is 1.69 bits per heavy atom. The molecular weight excluding hydrogens is 204 g/mol. The predicted molar refractivity (Wildman–Crippen MR) is 62.9 cm³/mol. The normalized spacial score (nSPS) is 11.8. The van der Waals surface area contributed by atoms with Crippen LogP contribution in [0.25, 0.3) is 0 Å². The Hall–Kier alpha value is -1.80. The van der Waals surface area contributed by atoms with Gasteiger partial charge in [-0.25, -0.2) is 4.98 Å². The Bertz CT molecular complexity index is 386. The Morgan fingerprint density at radius 2 is 2.44 bits per heavy atom. The molecule has 1 unspecified atom stereocenters. The van der Waals surface area contributed by atoms with Gasteiger partial charge in [0.15, 0.2) is 0 Å². The zero-order chi connectivity index (χ0) is 12.0. The van der Waals surface area contributed by atoms with Crippen molar-refractivity contribution in [2.24, 2.45) is 0 Å². The van der Waals surface area contributed by atoms with Crippen LogP contribution >= 0.6 is 0 Å². The van der Waals surface area contributed by atoms with Gasteiger partial charge >= 0.3 is 0 Å². The van der Waals surface area contributed by atoms with E-state index in [1.807, 2.05) is 13.0 Å². The molecule has 1 rings (SSSR count). The number of pyridine rings is 1. The highest BCUT2D eigenvalue weighted by Gasteiger charge is 2.06. The fourth-order valence-electron chi connectivity index (χ4n) is 1.26. The zero-order valence-electron chi connectivity index (χ0n) is 9.53. The highest BCUT2D eigenvalue weighted by Crippen LogP contribution is 2.17. The van der Waals surface area contributed by atoms with E-state index in [2.05, 4.69) is 10.3 Å². The summed E-state index contributed by atoms with van der Waals surface area (Å²) in [5.41, 5.74) is 6.72. The SMILES string of the molecule is COCCC(C)Nc1ncc(C#N)cc1N. The highest BCUT2D eigenvalue weighted by molar-refractivity contribution is 5.63. The summed E-state index contributed by atoms with van der Waals surface area (Å²) in [6.07, 6.45) is 2.37. The fraction of sp³-hybridized carbons (Fsp3) is 0.455. The lowest BCUT2D eigenvalue weighted by Gasteiger charge is -2.15. The van der Waals surface area contributed by atoms with E-state index < -0.39 is 0 Å². The largest absolute Gasteiger partial charge is 0.396 e. The zero-order valence-corrected chi connectivity index (χ0v) is 9.53. The van der Waals surface area contributed by atoms with Crippen LogP contribution < -0.4 is 11.1 Å². The molecule has 0 saturated heterocycles. The van der Waals surface area contributed by atoms with Gasteiger partial charge in [0, 0.05) is 26.0 Å². The number of nitrogens with two attached hydrogens (primary N) is 1. The second-order valence-corrected chi connectivity index (χ2v) is 3.60. The maximum absolute atomic E-state index is 8.67. The number of hydrogen-bond acceptors (Lipinski definition) is 5. The molecule has 3 N–H and O–H groups in total. The van der Waals surface area contributed by atoms with Gasteiger partial charge in [0.1, 0.15) is 11.9 Å². The Morgan fingerprint density at radius 3 is 3.00 bits per heavy atom. The molecule has 1 aromatic heterocycles. The van der Waals surface area contributed by atoms with Crippen LogP contribution in [0.3, 0.4) is 0 Å². The molecule has 0 amide bonds. The van der Waals surface area contributed by atoms with E-state index in [-0.39, 0.29) is 6.04 Å². The molecule has 1 aromatic rings. The Balaban J connectivity index is 2.64. The monoisotopic (exact) mass is 220 g/mol. The van der Waals surface area contributed by atoms with E-state index in [0.717, 1.165) is 6.42 Å². The number of nitriles is 1. The van der Waals surface area contributed by atoms with E-state index in [1.165, 1.54) is 6.20 Å². The lowest BCUT2D eigenvalue weighted by atomic mass is 10.2. The summed E-state index contributed by atoms with van der Waals surface area (Å²) >= 11 is 0. The maximum atomic E-state index is 8.67. The van der Waals surface area contributed by atoms with Crippen LogP contribution in [0.5, 0.6) is 0 Å². The molecule has 0 aliphatic rings. The molecule has 0 bridgehead atoms. The first-order valence-corrected chi connectivity index (χ1v) is 5.08. The number of hydrogen-bond donors (Lipinski definition) is 2. The standard InChI is InChI=1S/C11H16N4O/c1-8(3-4-16-2)15-11-10(13)5-9(6-12)7-14-11/h5,7-8H,3-4,13H2,1-2H3,(H,14,15). The third kappa shape index (κ3) is 3.41.